The molecule has 0 saturated heterocycles. The standard InChI is InChI=1S/C15H17NO4/c1-10(17)11-5-7-14(8-6-11)20-16-13-4-2-3-12(9-13)15(18)19/h5-8,12H,2-4,9H2,1H3,(H,18,19)/b16-13+. The van der Waals surface area contributed by atoms with E-state index in [0.717, 1.165) is 18.6 Å². The second kappa shape index (κ2) is 6.32. The van der Waals surface area contributed by atoms with Gasteiger partial charge in [0.25, 0.3) is 0 Å². The maximum Gasteiger partial charge on any atom is 0.306 e. The van der Waals surface area contributed by atoms with Gasteiger partial charge in [0.15, 0.2) is 11.5 Å². The molecule has 1 N–H and O–H groups in total. The highest BCUT2D eigenvalue weighted by Crippen LogP contribution is 2.23. The van der Waals surface area contributed by atoms with Crippen molar-refractivity contribution in [2.45, 2.75) is 32.6 Å². The molecule has 0 spiro atoms. The maximum atomic E-state index is 11.1. The van der Waals surface area contributed by atoms with Crippen LogP contribution in [0, 0.1) is 5.92 Å². The molecule has 2 rings (SSSR count). The van der Waals surface area contributed by atoms with Gasteiger partial charge in [-0.25, -0.2) is 0 Å². The van der Waals surface area contributed by atoms with Crippen LogP contribution in [-0.2, 0) is 4.79 Å². The molecule has 20 heavy (non-hydrogen) atoms. The number of hydrogen-bond donors (Lipinski definition) is 1. The van der Waals surface area contributed by atoms with Gasteiger partial charge in [0.05, 0.1) is 11.6 Å². The first-order valence-electron chi connectivity index (χ1n) is 6.63. The second-order valence-corrected chi connectivity index (χ2v) is 4.96. The van der Waals surface area contributed by atoms with E-state index < -0.39 is 5.97 Å². The van der Waals surface area contributed by atoms with Crippen molar-refractivity contribution in [3.8, 4) is 5.75 Å². The Bertz CT molecular complexity index is 533. The Morgan fingerprint density at radius 2 is 2.00 bits per heavy atom. The summed E-state index contributed by atoms with van der Waals surface area (Å²) in [7, 11) is 0. The minimum atomic E-state index is -0.775. The van der Waals surface area contributed by atoms with Crippen LogP contribution in [0.5, 0.6) is 5.75 Å². The van der Waals surface area contributed by atoms with E-state index in [1.165, 1.54) is 6.92 Å². The fourth-order valence-electron chi connectivity index (χ4n) is 2.20. The van der Waals surface area contributed by atoms with Gasteiger partial charge in [0, 0.05) is 12.0 Å². The van der Waals surface area contributed by atoms with E-state index in [1.807, 2.05) is 0 Å². The van der Waals surface area contributed by atoms with Gasteiger partial charge >= 0.3 is 5.97 Å². The highest BCUT2D eigenvalue weighted by molar-refractivity contribution is 5.94. The van der Waals surface area contributed by atoms with Crippen molar-refractivity contribution in [2.75, 3.05) is 0 Å². The Morgan fingerprint density at radius 1 is 1.30 bits per heavy atom. The van der Waals surface area contributed by atoms with Gasteiger partial charge < -0.3 is 9.94 Å². The molecule has 0 amide bonds. The van der Waals surface area contributed by atoms with E-state index in [-0.39, 0.29) is 11.7 Å². The van der Waals surface area contributed by atoms with Crippen LogP contribution in [0.1, 0.15) is 43.0 Å². The van der Waals surface area contributed by atoms with Crippen LogP contribution in [0.3, 0.4) is 0 Å². The summed E-state index contributed by atoms with van der Waals surface area (Å²) < 4.78 is 0. The van der Waals surface area contributed by atoms with Crippen LogP contribution in [0.15, 0.2) is 29.4 Å². The molecule has 0 aliphatic heterocycles. The molecule has 5 heteroatoms. The van der Waals surface area contributed by atoms with Gasteiger partial charge in [-0.2, -0.15) is 0 Å². The van der Waals surface area contributed by atoms with E-state index >= 15 is 0 Å². The third-order valence-electron chi connectivity index (χ3n) is 3.39. The molecule has 1 unspecified atom stereocenters. The lowest BCUT2D eigenvalue weighted by Crippen LogP contribution is -2.22. The molecule has 0 heterocycles. The van der Waals surface area contributed by atoms with Gasteiger partial charge in [-0.1, -0.05) is 5.16 Å². The second-order valence-electron chi connectivity index (χ2n) is 4.96. The third-order valence-corrected chi connectivity index (χ3v) is 3.39. The molecule has 1 aromatic carbocycles. The molecule has 1 aromatic rings. The van der Waals surface area contributed by atoms with E-state index in [2.05, 4.69) is 5.16 Å². The first kappa shape index (κ1) is 14.2. The van der Waals surface area contributed by atoms with Gasteiger partial charge in [0.2, 0.25) is 0 Å². The molecular formula is C15H17NO4. The van der Waals surface area contributed by atoms with E-state index in [1.54, 1.807) is 24.3 Å². The number of rotatable bonds is 4. The zero-order valence-electron chi connectivity index (χ0n) is 11.3. The Hall–Kier alpha value is -2.17. The quantitative estimate of drug-likeness (QED) is 0.677. The van der Waals surface area contributed by atoms with Gasteiger partial charge in [-0.3, -0.25) is 9.59 Å². The van der Waals surface area contributed by atoms with Crippen LogP contribution in [0.25, 0.3) is 0 Å². The number of nitrogens with zero attached hydrogens (tertiary/aromatic N) is 1. The summed E-state index contributed by atoms with van der Waals surface area (Å²) in [5.74, 6) is -0.589. The van der Waals surface area contributed by atoms with Crippen LogP contribution in [0.2, 0.25) is 0 Å². The maximum absolute atomic E-state index is 11.1. The fourth-order valence-corrected chi connectivity index (χ4v) is 2.20. The first-order chi connectivity index (χ1) is 9.56. The molecule has 1 atom stereocenters. The number of Topliss-reactive ketones (excluding diaryl/α,β-unsaturated/α-hetero) is 1. The summed E-state index contributed by atoms with van der Waals surface area (Å²) in [5.41, 5.74) is 1.40. The zero-order valence-corrected chi connectivity index (χ0v) is 11.3. The molecule has 5 nitrogen and oxygen atoms in total. The number of carboxylic acids is 1. The predicted octanol–water partition coefficient (Wildman–Crippen LogP) is 2.90. The summed E-state index contributed by atoms with van der Waals surface area (Å²) in [6.45, 7) is 1.50. The van der Waals surface area contributed by atoms with Crippen LogP contribution >= 0.6 is 0 Å². The Balaban J connectivity index is 1.98. The summed E-state index contributed by atoms with van der Waals surface area (Å²) in [4.78, 5) is 27.4. The summed E-state index contributed by atoms with van der Waals surface area (Å²) in [6, 6.07) is 6.72. The number of aliphatic carboxylic acids is 1. The summed E-state index contributed by atoms with van der Waals surface area (Å²) in [6.07, 6.45) is 2.74. The largest absolute Gasteiger partial charge is 0.481 e. The van der Waals surface area contributed by atoms with E-state index in [4.69, 9.17) is 9.94 Å². The van der Waals surface area contributed by atoms with Crippen LogP contribution in [-0.4, -0.2) is 22.6 Å². The normalized spacial score (nSPS) is 20.6. The molecule has 106 valence electrons. The lowest BCUT2D eigenvalue weighted by atomic mass is 9.88. The molecule has 0 radical (unpaired) electrons. The highest BCUT2D eigenvalue weighted by atomic mass is 16.6. The minimum Gasteiger partial charge on any atom is -0.481 e. The van der Waals surface area contributed by atoms with E-state index in [0.29, 0.717) is 24.2 Å². The van der Waals surface area contributed by atoms with Crippen LogP contribution < -0.4 is 4.84 Å². The molecule has 0 bridgehead atoms. The number of carbonyl (C=O) groups excluding carboxylic acids is 1. The monoisotopic (exact) mass is 275 g/mol. The number of benzene rings is 1. The summed E-state index contributed by atoms with van der Waals surface area (Å²) in [5, 5.41) is 13.0. The lowest BCUT2D eigenvalue weighted by molar-refractivity contribution is -0.141. The number of carboxylic acid groups (broad SMARTS) is 1. The molecule has 1 aliphatic rings. The zero-order chi connectivity index (χ0) is 14.5. The van der Waals surface area contributed by atoms with Crippen molar-refractivity contribution in [3.05, 3.63) is 29.8 Å². The minimum absolute atomic E-state index is 0.000515. The van der Waals surface area contributed by atoms with Crippen molar-refractivity contribution in [1.29, 1.82) is 0 Å². The number of hydrogen-bond acceptors (Lipinski definition) is 4. The molecule has 0 aromatic heterocycles. The average molecular weight is 275 g/mol. The van der Waals surface area contributed by atoms with Crippen molar-refractivity contribution < 1.29 is 19.5 Å². The molecule has 1 fully saturated rings. The first-order valence-corrected chi connectivity index (χ1v) is 6.63. The topological polar surface area (TPSA) is 76.0 Å². The van der Waals surface area contributed by atoms with E-state index in [9.17, 15) is 9.59 Å². The van der Waals surface area contributed by atoms with Crippen molar-refractivity contribution in [1.82, 2.24) is 0 Å². The number of oxime groups is 1. The van der Waals surface area contributed by atoms with Crippen molar-refractivity contribution >= 4 is 17.5 Å². The lowest BCUT2D eigenvalue weighted by Gasteiger charge is -2.18. The summed E-state index contributed by atoms with van der Waals surface area (Å²) >= 11 is 0. The Kier molecular flexibility index (Phi) is 4.50. The average Bonchev–Trinajstić information content (AvgIpc) is 2.46. The smallest absolute Gasteiger partial charge is 0.306 e. The molecule has 1 aliphatic carbocycles. The third kappa shape index (κ3) is 3.66. The molecular weight excluding hydrogens is 258 g/mol. The van der Waals surface area contributed by atoms with Crippen molar-refractivity contribution in [3.63, 3.8) is 0 Å². The van der Waals surface area contributed by atoms with Gasteiger partial charge in [0.1, 0.15) is 0 Å². The Labute approximate surface area is 117 Å². The number of carbonyl (C=O) groups is 2. The van der Waals surface area contributed by atoms with Gasteiger partial charge in [-0.05, 0) is 50.5 Å². The van der Waals surface area contributed by atoms with Crippen LogP contribution in [0.4, 0.5) is 0 Å². The SMILES string of the molecule is CC(=O)c1ccc(O/N=C2\CCCC(C(=O)O)C2)cc1. The molecule has 1 saturated carbocycles. The highest BCUT2D eigenvalue weighted by Gasteiger charge is 2.24. The Morgan fingerprint density at radius 3 is 2.60 bits per heavy atom. The fraction of sp³-hybridized carbons (Fsp3) is 0.400. The number of ketones is 1. The van der Waals surface area contributed by atoms with Crippen molar-refractivity contribution in [2.24, 2.45) is 11.1 Å². The van der Waals surface area contributed by atoms with Gasteiger partial charge in [-0.15, -0.1) is 0 Å². The predicted molar refractivity (Wildman–Crippen MR) is 74.1 cm³/mol.